The lowest BCUT2D eigenvalue weighted by molar-refractivity contribution is 0.0697. The van der Waals surface area contributed by atoms with Crippen molar-refractivity contribution in [1.29, 1.82) is 0 Å². The molecule has 0 bridgehead atoms. The second kappa shape index (κ2) is 3.29. The summed E-state index contributed by atoms with van der Waals surface area (Å²) < 4.78 is 14.8. The zero-order valence-corrected chi connectivity index (χ0v) is 9.06. The molecule has 0 atom stereocenters. The van der Waals surface area contributed by atoms with Crippen LogP contribution in [0.2, 0.25) is 0 Å². The number of carbonyl (C=O) groups is 1. The van der Waals surface area contributed by atoms with Gasteiger partial charge in [-0.3, -0.25) is 0 Å². The van der Waals surface area contributed by atoms with E-state index in [0.717, 1.165) is 12.8 Å². The average molecular weight is 234 g/mol. The lowest BCUT2D eigenvalue weighted by Crippen LogP contribution is -2.18. The Hall–Kier alpha value is -1.91. The molecule has 3 rings (SSSR count). The van der Waals surface area contributed by atoms with E-state index in [-0.39, 0.29) is 5.56 Å². The fourth-order valence-electron chi connectivity index (χ4n) is 2.10. The Bertz CT molecular complexity index is 602. The van der Waals surface area contributed by atoms with Crippen molar-refractivity contribution in [3.63, 3.8) is 0 Å². The smallest absolute Gasteiger partial charge is 0.335 e. The molecule has 0 spiro atoms. The minimum Gasteiger partial charge on any atom is -0.478 e. The molecule has 1 saturated carbocycles. The first-order valence-electron chi connectivity index (χ1n) is 5.43. The van der Waals surface area contributed by atoms with Crippen LogP contribution in [0.3, 0.4) is 0 Å². The number of aromatic nitrogens is 2. The Kier molecular flexibility index (Phi) is 1.98. The van der Waals surface area contributed by atoms with Crippen LogP contribution >= 0.6 is 0 Å². The molecule has 88 valence electrons. The molecular formula is C12H11FN2O2. The molecular weight excluding hydrogens is 223 g/mol. The molecule has 1 N–H and O–H groups in total. The van der Waals surface area contributed by atoms with E-state index in [4.69, 9.17) is 5.11 Å². The molecule has 17 heavy (non-hydrogen) atoms. The van der Waals surface area contributed by atoms with Crippen LogP contribution in [0.15, 0.2) is 24.5 Å². The number of alkyl halides is 1. The van der Waals surface area contributed by atoms with Crippen molar-refractivity contribution >= 4 is 17.0 Å². The van der Waals surface area contributed by atoms with Gasteiger partial charge in [0, 0.05) is 0 Å². The predicted molar refractivity (Wildman–Crippen MR) is 59.9 cm³/mol. The molecule has 1 aliphatic rings. The first kappa shape index (κ1) is 10.3. The summed E-state index contributed by atoms with van der Waals surface area (Å²) in [5.74, 6) is -0.982. The van der Waals surface area contributed by atoms with Crippen LogP contribution in [0.5, 0.6) is 0 Å². The third-order valence-corrected chi connectivity index (χ3v) is 3.38. The maximum absolute atomic E-state index is 13.0. The summed E-state index contributed by atoms with van der Waals surface area (Å²) >= 11 is 0. The van der Waals surface area contributed by atoms with E-state index in [9.17, 15) is 9.18 Å². The van der Waals surface area contributed by atoms with Crippen LogP contribution in [0.4, 0.5) is 4.39 Å². The van der Waals surface area contributed by atoms with E-state index in [2.05, 4.69) is 4.98 Å². The van der Waals surface area contributed by atoms with Crippen molar-refractivity contribution in [3.8, 4) is 0 Å². The van der Waals surface area contributed by atoms with Gasteiger partial charge in [-0.25, -0.2) is 14.2 Å². The lowest BCUT2D eigenvalue weighted by Gasteiger charge is -2.13. The number of aromatic carboxylic acids is 1. The maximum Gasteiger partial charge on any atom is 0.335 e. The SMILES string of the molecule is O=C(O)c1ccc2ncn(C3(CF)CC3)c2c1. The van der Waals surface area contributed by atoms with E-state index >= 15 is 0 Å². The Labute approximate surface area is 96.7 Å². The topological polar surface area (TPSA) is 55.1 Å². The third-order valence-electron chi connectivity index (χ3n) is 3.38. The number of benzene rings is 1. The zero-order chi connectivity index (χ0) is 12.0. The minimum atomic E-state index is -0.982. The van der Waals surface area contributed by atoms with Crippen molar-refractivity contribution in [3.05, 3.63) is 30.1 Å². The lowest BCUT2D eigenvalue weighted by atomic mass is 10.2. The second-order valence-electron chi connectivity index (χ2n) is 4.48. The number of rotatable bonds is 3. The van der Waals surface area contributed by atoms with E-state index in [1.165, 1.54) is 6.07 Å². The van der Waals surface area contributed by atoms with Gasteiger partial charge in [0.1, 0.15) is 6.67 Å². The van der Waals surface area contributed by atoms with Crippen LogP contribution in [0.1, 0.15) is 23.2 Å². The van der Waals surface area contributed by atoms with Gasteiger partial charge < -0.3 is 9.67 Å². The van der Waals surface area contributed by atoms with Crippen LogP contribution in [0, 0.1) is 0 Å². The Morgan fingerprint density at radius 2 is 2.29 bits per heavy atom. The van der Waals surface area contributed by atoms with Gasteiger partial charge in [0.05, 0.1) is 28.5 Å². The number of carboxylic acid groups (broad SMARTS) is 1. The van der Waals surface area contributed by atoms with Gasteiger partial charge >= 0.3 is 5.97 Å². The molecule has 0 radical (unpaired) electrons. The van der Waals surface area contributed by atoms with Crippen LogP contribution < -0.4 is 0 Å². The van der Waals surface area contributed by atoms with Gasteiger partial charge in [-0.2, -0.15) is 0 Å². The second-order valence-corrected chi connectivity index (χ2v) is 4.48. The molecule has 0 unspecified atom stereocenters. The summed E-state index contributed by atoms with van der Waals surface area (Å²) in [6, 6.07) is 4.72. The van der Waals surface area contributed by atoms with E-state index in [1.807, 2.05) is 0 Å². The van der Waals surface area contributed by atoms with Gasteiger partial charge in [0.25, 0.3) is 0 Å². The molecule has 0 saturated heterocycles. The first-order chi connectivity index (χ1) is 8.16. The Morgan fingerprint density at radius 1 is 1.53 bits per heavy atom. The van der Waals surface area contributed by atoms with Crippen molar-refractivity contribution in [2.75, 3.05) is 6.67 Å². The number of halogens is 1. The monoisotopic (exact) mass is 234 g/mol. The van der Waals surface area contributed by atoms with Crippen LogP contribution in [-0.2, 0) is 5.54 Å². The quantitative estimate of drug-likeness (QED) is 0.885. The zero-order valence-electron chi connectivity index (χ0n) is 9.06. The van der Waals surface area contributed by atoms with E-state index in [0.29, 0.717) is 11.0 Å². The summed E-state index contributed by atoms with van der Waals surface area (Å²) in [4.78, 5) is 15.1. The molecule has 1 aromatic heterocycles. The van der Waals surface area contributed by atoms with Crippen LogP contribution in [-0.4, -0.2) is 27.3 Å². The van der Waals surface area contributed by atoms with Crippen molar-refractivity contribution in [2.45, 2.75) is 18.4 Å². The molecule has 2 aromatic rings. The molecule has 0 aliphatic heterocycles. The van der Waals surface area contributed by atoms with Gasteiger partial charge in [-0.15, -0.1) is 0 Å². The summed E-state index contributed by atoms with van der Waals surface area (Å²) in [6.07, 6.45) is 3.17. The summed E-state index contributed by atoms with van der Waals surface area (Å²) in [5.41, 5.74) is 1.12. The predicted octanol–water partition coefficient (Wildman–Crippen LogP) is 2.19. The standard InChI is InChI=1S/C12H11FN2O2/c13-6-12(3-4-12)15-7-14-9-2-1-8(11(16)17)5-10(9)15/h1-2,5,7H,3-4,6H2,(H,16,17). The summed E-state index contributed by atoms with van der Waals surface area (Å²) in [6.45, 7) is -0.435. The highest BCUT2D eigenvalue weighted by Crippen LogP contribution is 2.45. The largest absolute Gasteiger partial charge is 0.478 e. The van der Waals surface area contributed by atoms with Crippen molar-refractivity contribution in [1.82, 2.24) is 9.55 Å². The maximum atomic E-state index is 13.0. The van der Waals surface area contributed by atoms with Gasteiger partial charge in [0.15, 0.2) is 0 Å². The van der Waals surface area contributed by atoms with Gasteiger partial charge in [0.2, 0.25) is 0 Å². The van der Waals surface area contributed by atoms with E-state index < -0.39 is 18.2 Å². The highest BCUT2D eigenvalue weighted by molar-refractivity contribution is 5.92. The van der Waals surface area contributed by atoms with Gasteiger partial charge in [-0.1, -0.05) is 0 Å². The molecule has 0 amide bonds. The van der Waals surface area contributed by atoms with Crippen LogP contribution in [0.25, 0.3) is 11.0 Å². The third kappa shape index (κ3) is 1.42. The molecule has 1 fully saturated rings. The molecule has 4 nitrogen and oxygen atoms in total. The number of fused-ring (bicyclic) bond motifs is 1. The fourth-order valence-corrected chi connectivity index (χ4v) is 2.10. The number of carboxylic acids is 1. The van der Waals surface area contributed by atoms with Crippen molar-refractivity contribution < 1.29 is 14.3 Å². The first-order valence-corrected chi connectivity index (χ1v) is 5.43. The number of imidazole rings is 1. The summed E-state index contributed by atoms with van der Waals surface area (Å²) in [5, 5.41) is 8.94. The highest BCUT2D eigenvalue weighted by Gasteiger charge is 2.45. The van der Waals surface area contributed by atoms with Gasteiger partial charge in [-0.05, 0) is 31.0 Å². The molecule has 5 heteroatoms. The molecule has 1 aliphatic carbocycles. The average Bonchev–Trinajstić information content (AvgIpc) is 3.01. The fraction of sp³-hybridized carbons (Fsp3) is 0.333. The Balaban J connectivity index is 2.20. The Morgan fingerprint density at radius 3 is 2.88 bits per heavy atom. The minimum absolute atomic E-state index is 0.203. The molecule has 1 aromatic carbocycles. The highest BCUT2D eigenvalue weighted by atomic mass is 19.1. The van der Waals surface area contributed by atoms with E-state index in [1.54, 1.807) is 23.0 Å². The molecule has 1 heterocycles. The number of hydrogen-bond donors (Lipinski definition) is 1. The van der Waals surface area contributed by atoms with Crippen molar-refractivity contribution in [2.24, 2.45) is 0 Å². The normalized spacial score (nSPS) is 17.2. The summed E-state index contributed by atoms with van der Waals surface area (Å²) in [7, 11) is 0. The number of hydrogen-bond acceptors (Lipinski definition) is 2. The number of nitrogens with zero attached hydrogens (tertiary/aromatic N) is 2.